The Kier molecular flexibility index (Phi) is 4.26. The van der Waals surface area contributed by atoms with E-state index in [0.29, 0.717) is 6.42 Å². The third-order valence-electron chi connectivity index (χ3n) is 1.09. The lowest BCUT2D eigenvalue weighted by Gasteiger charge is -2.23. The lowest BCUT2D eigenvalue weighted by molar-refractivity contribution is -0.134. The molecule has 68 valence electrons. The normalized spacial score (nSPS) is 19.8. The van der Waals surface area contributed by atoms with Gasteiger partial charge in [0.15, 0.2) is 5.79 Å². The molecule has 0 spiro atoms. The molecule has 0 fully saturated rings. The number of hydrogen-bond acceptors (Lipinski definition) is 3. The van der Waals surface area contributed by atoms with Crippen LogP contribution >= 0.6 is 8.25 Å². The van der Waals surface area contributed by atoms with Crippen molar-refractivity contribution in [2.45, 2.75) is 33.0 Å². The third-order valence-corrected chi connectivity index (χ3v) is 1.71. The number of aliphatic hydroxyl groups is 1. The zero-order chi connectivity index (χ0) is 9.07. The summed E-state index contributed by atoms with van der Waals surface area (Å²) in [5.74, 6) is -1.25. The predicted molar refractivity (Wildman–Crippen MR) is 42.4 cm³/mol. The highest BCUT2D eigenvalue weighted by Gasteiger charge is 2.24. The molecular weight excluding hydrogens is 167 g/mol. The highest BCUT2D eigenvalue weighted by atomic mass is 31.1. The second-order valence-corrected chi connectivity index (χ2v) is 3.88. The first kappa shape index (κ1) is 11.1. The largest absolute Gasteiger partial charge is 0.365 e. The van der Waals surface area contributed by atoms with E-state index in [0.717, 1.165) is 0 Å². The minimum absolute atomic E-state index is 0.228. The maximum absolute atomic E-state index is 10.2. The molecule has 0 bridgehead atoms. The van der Waals surface area contributed by atoms with Crippen molar-refractivity contribution in [3.05, 3.63) is 0 Å². The van der Waals surface area contributed by atoms with Crippen molar-refractivity contribution >= 4 is 8.25 Å². The highest BCUT2D eigenvalue weighted by molar-refractivity contribution is 7.32. The van der Waals surface area contributed by atoms with Crippen LogP contribution in [0.1, 0.15) is 27.2 Å². The molecule has 0 aliphatic carbocycles. The van der Waals surface area contributed by atoms with Gasteiger partial charge in [0.2, 0.25) is 0 Å². The molecule has 0 aliphatic rings. The molecule has 11 heavy (non-hydrogen) atoms. The summed E-state index contributed by atoms with van der Waals surface area (Å²) in [6.07, 6.45) is 0.351. The summed E-state index contributed by atoms with van der Waals surface area (Å²) in [6.45, 7) is 5.17. The van der Waals surface area contributed by atoms with Crippen LogP contribution in [-0.4, -0.2) is 15.8 Å². The topological polar surface area (TPSA) is 66.8 Å². The van der Waals surface area contributed by atoms with E-state index in [1.165, 1.54) is 6.92 Å². The van der Waals surface area contributed by atoms with Gasteiger partial charge in [0.1, 0.15) is 0 Å². The highest BCUT2D eigenvalue weighted by Crippen LogP contribution is 2.28. The molecule has 0 saturated carbocycles. The van der Waals surface area contributed by atoms with Crippen LogP contribution in [0.15, 0.2) is 0 Å². The molecule has 0 aliphatic heterocycles. The first-order valence-electron chi connectivity index (χ1n) is 3.48. The Morgan fingerprint density at radius 2 is 2.09 bits per heavy atom. The Bertz CT molecular complexity index is 144. The first-order chi connectivity index (χ1) is 4.83. The molecule has 0 aromatic rings. The molecule has 2 unspecified atom stereocenters. The molecule has 0 saturated heterocycles. The van der Waals surface area contributed by atoms with E-state index >= 15 is 0 Å². The Morgan fingerprint density at radius 1 is 1.64 bits per heavy atom. The lowest BCUT2D eigenvalue weighted by atomic mass is 10.1. The van der Waals surface area contributed by atoms with Gasteiger partial charge in [0.05, 0.1) is 0 Å². The van der Waals surface area contributed by atoms with Crippen molar-refractivity contribution in [3.63, 3.8) is 0 Å². The van der Waals surface area contributed by atoms with Crippen LogP contribution in [0.25, 0.3) is 0 Å². The van der Waals surface area contributed by atoms with Crippen LogP contribution < -0.4 is 0 Å². The second kappa shape index (κ2) is 4.21. The van der Waals surface area contributed by atoms with E-state index in [4.69, 9.17) is 4.89 Å². The quantitative estimate of drug-likeness (QED) is 0.505. The molecule has 0 amide bonds. The summed E-state index contributed by atoms with van der Waals surface area (Å²) in [5.41, 5.74) is 0. The van der Waals surface area contributed by atoms with Crippen molar-refractivity contribution in [1.29, 1.82) is 0 Å². The van der Waals surface area contributed by atoms with Gasteiger partial charge in [-0.15, -0.1) is 0 Å². The predicted octanol–water partition coefficient (Wildman–Crippen LogP) is 1.14. The number of rotatable bonds is 4. The number of hydrogen-bond donors (Lipinski definition) is 2. The molecule has 2 N–H and O–H groups in total. The SMILES string of the molecule is CC(C)CC(C)(O)O[PH](=O)O. The average Bonchev–Trinajstić information content (AvgIpc) is 1.53. The molecule has 5 heteroatoms. The molecule has 0 rings (SSSR count). The molecule has 0 aromatic heterocycles. The standard InChI is InChI=1S/C6H15O4P/c1-5(2)4-6(3,7)10-11(8)9/h5,7,11H,4H2,1-3H3,(H,8,9). The van der Waals surface area contributed by atoms with Gasteiger partial charge < -0.3 is 10.00 Å². The van der Waals surface area contributed by atoms with E-state index in [-0.39, 0.29) is 5.92 Å². The molecular formula is C6H15O4P. The van der Waals surface area contributed by atoms with E-state index in [1.807, 2.05) is 13.8 Å². The fraction of sp³-hybridized carbons (Fsp3) is 1.00. The summed E-state index contributed by atoms with van der Waals surface area (Å²) in [6, 6.07) is 0. The molecule has 0 aromatic carbocycles. The van der Waals surface area contributed by atoms with Crippen LogP contribution in [0.2, 0.25) is 0 Å². The van der Waals surface area contributed by atoms with Crippen LogP contribution in [-0.2, 0) is 9.09 Å². The van der Waals surface area contributed by atoms with E-state index in [2.05, 4.69) is 4.52 Å². The monoisotopic (exact) mass is 182 g/mol. The molecule has 2 atom stereocenters. The third kappa shape index (κ3) is 6.51. The summed E-state index contributed by atoms with van der Waals surface area (Å²) >= 11 is 0. The van der Waals surface area contributed by atoms with Crippen molar-refractivity contribution < 1.29 is 19.1 Å². The molecule has 0 radical (unpaired) electrons. The van der Waals surface area contributed by atoms with Crippen molar-refractivity contribution in [1.82, 2.24) is 0 Å². The summed E-state index contributed by atoms with van der Waals surface area (Å²) in [5, 5.41) is 9.30. The van der Waals surface area contributed by atoms with Gasteiger partial charge in [-0.1, -0.05) is 13.8 Å². The van der Waals surface area contributed by atoms with Crippen molar-refractivity contribution in [2.24, 2.45) is 5.92 Å². The van der Waals surface area contributed by atoms with Gasteiger partial charge in [-0.3, -0.25) is 9.09 Å². The summed E-state index contributed by atoms with van der Waals surface area (Å²) in [7, 11) is -3.04. The Morgan fingerprint density at radius 3 is 2.36 bits per heavy atom. The maximum Gasteiger partial charge on any atom is 0.319 e. The first-order valence-corrected chi connectivity index (χ1v) is 4.74. The van der Waals surface area contributed by atoms with Crippen molar-refractivity contribution in [3.8, 4) is 0 Å². The van der Waals surface area contributed by atoms with Gasteiger partial charge >= 0.3 is 8.25 Å². The minimum atomic E-state index is -3.04. The van der Waals surface area contributed by atoms with Crippen molar-refractivity contribution in [2.75, 3.05) is 0 Å². The average molecular weight is 182 g/mol. The van der Waals surface area contributed by atoms with Gasteiger partial charge in [-0.05, 0) is 12.8 Å². The summed E-state index contributed by atoms with van der Waals surface area (Å²) < 4.78 is 14.6. The van der Waals surface area contributed by atoms with Gasteiger partial charge in [0.25, 0.3) is 0 Å². The zero-order valence-electron chi connectivity index (χ0n) is 7.00. The fourth-order valence-electron chi connectivity index (χ4n) is 0.987. The van der Waals surface area contributed by atoms with Crippen LogP contribution in [0.4, 0.5) is 0 Å². The minimum Gasteiger partial charge on any atom is -0.365 e. The lowest BCUT2D eigenvalue weighted by Crippen LogP contribution is -2.27. The smallest absolute Gasteiger partial charge is 0.319 e. The van der Waals surface area contributed by atoms with Gasteiger partial charge in [0, 0.05) is 6.42 Å². The Labute approximate surface area is 67.1 Å². The van der Waals surface area contributed by atoms with Crippen LogP contribution in [0, 0.1) is 5.92 Å². The van der Waals surface area contributed by atoms with Crippen LogP contribution in [0.3, 0.4) is 0 Å². The summed E-state index contributed by atoms with van der Waals surface area (Å²) in [4.78, 5) is 8.36. The van der Waals surface area contributed by atoms with E-state index in [1.54, 1.807) is 0 Å². The molecule has 0 heterocycles. The zero-order valence-corrected chi connectivity index (χ0v) is 8.00. The van der Waals surface area contributed by atoms with Crippen LogP contribution in [0.5, 0.6) is 0 Å². The maximum atomic E-state index is 10.2. The van der Waals surface area contributed by atoms with Gasteiger partial charge in [-0.2, -0.15) is 0 Å². The van der Waals surface area contributed by atoms with E-state index < -0.39 is 14.0 Å². The Balaban J connectivity index is 3.89. The van der Waals surface area contributed by atoms with E-state index in [9.17, 15) is 9.67 Å². The van der Waals surface area contributed by atoms with Gasteiger partial charge in [-0.25, -0.2) is 0 Å². The second-order valence-electron chi connectivity index (χ2n) is 3.14. The molecule has 4 nitrogen and oxygen atoms in total. The fourth-order valence-corrected chi connectivity index (χ4v) is 1.45. The Hall–Kier alpha value is 0.110.